The summed E-state index contributed by atoms with van der Waals surface area (Å²) in [5.74, 6) is 1.03. The largest absolute Gasteiger partial charge is 0.317 e. The maximum atomic E-state index is 3.41. The Morgan fingerprint density at radius 1 is 1.25 bits per heavy atom. The molecule has 2 saturated carbocycles. The van der Waals surface area contributed by atoms with E-state index >= 15 is 0 Å². The van der Waals surface area contributed by atoms with Crippen LogP contribution in [0.25, 0.3) is 0 Å². The molecule has 1 N–H and O–H groups in total. The van der Waals surface area contributed by atoms with Crippen LogP contribution in [0.4, 0.5) is 0 Å². The van der Waals surface area contributed by atoms with E-state index in [1.54, 1.807) is 0 Å². The van der Waals surface area contributed by atoms with Crippen LogP contribution in [-0.2, 0) is 0 Å². The molecule has 2 fully saturated rings. The molecule has 0 aromatic rings. The summed E-state index contributed by atoms with van der Waals surface area (Å²) in [6.07, 6.45) is 5.84. The van der Waals surface area contributed by atoms with E-state index in [4.69, 9.17) is 0 Å². The van der Waals surface area contributed by atoms with E-state index < -0.39 is 0 Å². The summed E-state index contributed by atoms with van der Waals surface area (Å²) in [6.45, 7) is 9.73. The van der Waals surface area contributed by atoms with Gasteiger partial charge in [0.2, 0.25) is 0 Å². The van der Waals surface area contributed by atoms with Crippen LogP contribution in [-0.4, -0.2) is 37.1 Å². The maximum Gasteiger partial charge on any atom is 0.00991 e. The lowest BCUT2D eigenvalue weighted by Gasteiger charge is -2.37. The van der Waals surface area contributed by atoms with Crippen molar-refractivity contribution in [3.05, 3.63) is 0 Å². The Bertz CT molecular complexity index is 229. The Kier molecular flexibility index (Phi) is 3.60. The van der Waals surface area contributed by atoms with Crippen molar-refractivity contribution < 1.29 is 0 Å². The normalized spacial score (nSPS) is 23.8. The fourth-order valence-electron chi connectivity index (χ4n) is 2.47. The second-order valence-electron chi connectivity index (χ2n) is 6.60. The van der Waals surface area contributed by atoms with Gasteiger partial charge >= 0.3 is 0 Å². The zero-order chi connectivity index (χ0) is 11.8. The van der Waals surface area contributed by atoms with Crippen LogP contribution < -0.4 is 5.32 Å². The zero-order valence-corrected chi connectivity index (χ0v) is 11.4. The lowest BCUT2D eigenvalue weighted by atomic mass is 9.84. The minimum Gasteiger partial charge on any atom is -0.317 e. The Morgan fingerprint density at radius 3 is 2.31 bits per heavy atom. The standard InChI is InChI=1S/C14H28N2/c1-11(15-4)14(2,3)10-16(13-7-8-13)9-12-5-6-12/h11-13,15H,5-10H2,1-4H3. The van der Waals surface area contributed by atoms with Gasteiger partial charge in [0.15, 0.2) is 0 Å². The van der Waals surface area contributed by atoms with E-state index in [0.717, 1.165) is 12.0 Å². The number of hydrogen-bond donors (Lipinski definition) is 1. The molecular weight excluding hydrogens is 196 g/mol. The molecule has 0 bridgehead atoms. The predicted octanol–water partition coefficient (Wildman–Crippen LogP) is 2.49. The maximum absolute atomic E-state index is 3.41. The second kappa shape index (κ2) is 4.66. The SMILES string of the molecule is CNC(C)C(C)(C)CN(CC1CC1)C1CC1. The topological polar surface area (TPSA) is 15.3 Å². The molecule has 0 saturated heterocycles. The van der Waals surface area contributed by atoms with Crippen LogP contribution >= 0.6 is 0 Å². The van der Waals surface area contributed by atoms with E-state index in [2.05, 4.69) is 38.0 Å². The van der Waals surface area contributed by atoms with Gasteiger partial charge in [-0.05, 0) is 51.0 Å². The van der Waals surface area contributed by atoms with Gasteiger partial charge in [0, 0.05) is 25.2 Å². The van der Waals surface area contributed by atoms with Gasteiger partial charge in [-0.3, -0.25) is 4.90 Å². The molecule has 2 nitrogen and oxygen atoms in total. The Hall–Kier alpha value is -0.0800. The smallest absolute Gasteiger partial charge is 0.00991 e. The first kappa shape index (κ1) is 12.4. The highest BCUT2D eigenvalue weighted by Crippen LogP contribution is 2.37. The van der Waals surface area contributed by atoms with E-state index in [9.17, 15) is 0 Å². The third kappa shape index (κ3) is 3.21. The molecular formula is C14H28N2. The molecule has 16 heavy (non-hydrogen) atoms. The van der Waals surface area contributed by atoms with Gasteiger partial charge in [-0.1, -0.05) is 13.8 Å². The minimum absolute atomic E-state index is 0.381. The van der Waals surface area contributed by atoms with Crippen molar-refractivity contribution in [2.75, 3.05) is 20.1 Å². The van der Waals surface area contributed by atoms with E-state index in [-0.39, 0.29) is 0 Å². The Labute approximate surface area is 101 Å². The third-order valence-electron chi connectivity index (χ3n) is 4.47. The third-order valence-corrected chi connectivity index (χ3v) is 4.47. The van der Waals surface area contributed by atoms with Crippen molar-refractivity contribution >= 4 is 0 Å². The van der Waals surface area contributed by atoms with E-state index in [0.29, 0.717) is 11.5 Å². The van der Waals surface area contributed by atoms with Crippen molar-refractivity contribution in [3.63, 3.8) is 0 Å². The van der Waals surface area contributed by atoms with Gasteiger partial charge in [0.05, 0.1) is 0 Å². The predicted molar refractivity (Wildman–Crippen MR) is 69.6 cm³/mol. The van der Waals surface area contributed by atoms with Crippen LogP contribution in [0.3, 0.4) is 0 Å². The molecule has 0 aromatic heterocycles. The Morgan fingerprint density at radius 2 is 1.88 bits per heavy atom. The van der Waals surface area contributed by atoms with Crippen LogP contribution in [0, 0.1) is 11.3 Å². The van der Waals surface area contributed by atoms with Crippen molar-refractivity contribution in [2.45, 2.75) is 58.5 Å². The molecule has 2 heteroatoms. The summed E-state index contributed by atoms with van der Waals surface area (Å²) in [5.41, 5.74) is 0.381. The van der Waals surface area contributed by atoms with Crippen molar-refractivity contribution in [3.8, 4) is 0 Å². The highest BCUT2D eigenvalue weighted by atomic mass is 15.2. The lowest BCUT2D eigenvalue weighted by Crippen LogP contribution is -2.46. The number of rotatable bonds is 7. The van der Waals surface area contributed by atoms with Crippen LogP contribution in [0.2, 0.25) is 0 Å². The van der Waals surface area contributed by atoms with Gasteiger partial charge in [-0.2, -0.15) is 0 Å². The fourth-order valence-corrected chi connectivity index (χ4v) is 2.47. The van der Waals surface area contributed by atoms with Gasteiger partial charge < -0.3 is 5.32 Å². The molecule has 0 aromatic carbocycles. The molecule has 2 rings (SSSR count). The molecule has 94 valence electrons. The first-order chi connectivity index (χ1) is 7.53. The molecule has 1 atom stereocenters. The number of hydrogen-bond acceptors (Lipinski definition) is 2. The molecule has 0 amide bonds. The first-order valence-electron chi connectivity index (χ1n) is 6.94. The minimum atomic E-state index is 0.381. The fraction of sp³-hybridized carbons (Fsp3) is 1.00. The molecule has 2 aliphatic rings. The Balaban J connectivity index is 1.87. The van der Waals surface area contributed by atoms with Gasteiger partial charge in [-0.15, -0.1) is 0 Å². The monoisotopic (exact) mass is 224 g/mol. The first-order valence-corrected chi connectivity index (χ1v) is 6.94. The van der Waals surface area contributed by atoms with Crippen molar-refractivity contribution in [1.29, 1.82) is 0 Å². The van der Waals surface area contributed by atoms with Gasteiger partial charge in [0.25, 0.3) is 0 Å². The zero-order valence-electron chi connectivity index (χ0n) is 11.4. The average Bonchev–Trinajstić information content (AvgIpc) is 3.06. The molecule has 1 unspecified atom stereocenters. The van der Waals surface area contributed by atoms with Crippen molar-refractivity contribution in [1.82, 2.24) is 10.2 Å². The van der Waals surface area contributed by atoms with Gasteiger partial charge in [-0.25, -0.2) is 0 Å². The summed E-state index contributed by atoms with van der Waals surface area (Å²) < 4.78 is 0. The highest BCUT2D eigenvalue weighted by molar-refractivity contribution is 4.92. The second-order valence-corrected chi connectivity index (χ2v) is 6.60. The summed E-state index contributed by atoms with van der Waals surface area (Å²) in [7, 11) is 2.08. The highest BCUT2D eigenvalue weighted by Gasteiger charge is 2.37. The van der Waals surface area contributed by atoms with Crippen LogP contribution in [0.5, 0.6) is 0 Å². The quantitative estimate of drug-likeness (QED) is 0.715. The summed E-state index contributed by atoms with van der Waals surface area (Å²) in [4.78, 5) is 2.77. The van der Waals surface area contributed by atoms with Crippen molar-refractivity contribution in [2.24, 2.45) is 11.3 Å². The molecule has 0 spiro atoms. The average molecular weight is 224 g/mol. The summed E-state index contributed by atoms with van der Waals surface area (Å²) in [5, 5.41) is 3.41. The summed E-state index contributed by atoms with van der Waals surface area (Å²) in [6, 6.07) is 1.51. The van der Waals surface area contributed by atoms with Crippen LogP contribution in [0.15, 0.2) is 0 Å². The number of nitrogens with zero attached hydrogens (tertiary/aromatic N) is 1. The lowest BCUT2D eigenvalue weighted by molar-refractivity contribution is 0.135. The summed E-state index contributed by atoms with van der Waals surface area (Å²) >= 11 is 0. The molecule has 0 radical (unpaired) electrons. The van der Waals surface area contributed by atoms with E-state index in [1.165, 1.54) is 38.8 Å². The van der Waals surface area contributed by atoms with Gasteiger partial charge in [0.1, 0.15) is 0 Å². The molecule has 0 heterocycles. The van der Waals surface area contributed by atoms with Crippen LogP contribution in [0.1, 0.15) is 46.5 Å². The molecule has 2 aliphatic carbocycles. The van der Waals surface area contributed by atoms with E-state index in [1.807, 2.05) is 0 Å². The number of nitrogens with one attached hydrogen (secondary N) is 1. The molecule has 0 aliphatic heterocycles.